The van der Waals surface area contributed by atoms with Crippen molar-refractivity contribution in [2.75, 3.05) is 13.1 Å². The van der Waals surface area contributed by atoms with E-state index in [4.69, 9.17) is 0 Å². The van der Waals surface area contributed by atoms with Crippen LogP contribution in [0.15, 0.2) is 36.0 Å². The molecule has 0 bridgehead atoms. The van der Waals surface area contributed by atoms with E-state index in [9.17, 15) is 9.59 Å². The highest BCUT2D eigenvalue weighted by molar-refractivity contribution is 7.06. The molecule has 0 aliphatic carbocycles. The number of aryl methyl sites for hydroxylation is 1. The number of piperidine rings is 1. The van der Waals surface area contributed by atoms with Gasteiger partial charge in [0.05, 0.1) is 10.6 Å². The quantitative estimate of drug-likeness (QED) is 0.855. The van der Waals surface area contributed by atoms with E-state index in [1.807, 2.05) is 13.0 Å². The summed E-state index contributed by atoms with van der Waals surface area (Å²) in [6, 6.07) is 8.87. The van der Waals surface area contributed by atoms with Crippen molar-refractivity contribution in [3.8, 4) is 0 Å². The normalized spacial score (nSPS) is 15.1. The van der Waals surface area contributed by atoms with E-state index in [0.717, 1.165) is 42.9 Å². The van der Waals surface area contributed by atoms with Crippen molar-refractivity contribution in [3.63, 3.8) is 0 Å². The molecule has 0 atom stereocenters. The Kier molecular flexibility index (Phi) is 5.55. The van der Waals surface area contributed by atoms with E-state index >= 15 is 0 Å². The van der Waals surface area contributed by atoms with Crippen molar-refractivity contribution in [2.24, 2.45) is 0 Å². The summed E-state index contributed by atoms with van der Waals surface area (Å²) in [5.41, 5.74) is 1.52. The van der Waals surface area contributed by atoms with Gasteiger partial charge >= 0.3 is 0 Å². The summed E-state index contributed by atoms with van der Waals surface area (Å²) < 4.78 is 3.89. The Morgan fingerprint density at radius 2 is 1.88 bits per heavy atom. The first-order valence-electron chi connectivity index (χ1n) is 8.31. The average molecular weight is 356 g/mol. The molecule has 0 unspecified atom stereocenters. The van der Waals surface area contributed by atoms with Crippen LogP contribution in [0.5, 0.6) is 0 Å². The number of benzene rings is 1. The number of carbonyl (C=O) groups is 2. The van der Waals surface area contributed by atoms with Gasteiger partial charge in [-0.25, -0.2) is 0 Å². The molecule has 2 heterocycles. The Labute approximate surface area is 150 Å². The van der Waals surface area contributed by atoms with Crippen molar-refractivity contribution < 1.29 is 9.59 Å². The Morgan fingerprint density at radius 3 is 2.52 bits per heavy atom. The molecule has 1 aromatic carbocycles. The van der Waals surface area contributed by atoms with Crippen LogP contribution < -0.4 is 5.32 Å². The highest BCUT2D eigenvalue weighted by Crippen LogP contribution is 2.17. The Hall–Kier alpha value is -2.54. The molecule has 7 heteroatoms. The summed E-state index contributed by atoms with van der Waals surface area (Å²) in [5.74, 6) is -0.455. The van der Waals surface area contributed by atoms with Crippen LogP contribution in [0.25, 0.3) is 6.08 Å². The summed E-state index contributed by atoms with van der Waals surface area (Å²) >= 11 is 1.21. The summed E-state index contributed by atoms with van der Waals surface area (Å²) in [5, 5.41) is 6.74. The summed E-state index contributed by atoms with van der Waals surface area (Å²) in [4.78, 5) is 28.0. The molecular weight excluding hydrogens is 336 g/mol. The van der Waals surface area contributed by atoms with Crippen molar-refractivity contribution in [2.45, 2.75) is 26.2 Å². The minimum absolute atomic E-state index is 0.156. The molecule has 130 valence electrons. The predicted molar refractivity (Wildman–Crippen MR) is 97.0 cm³/mol. The summed E-state index contributed by atoms with van der Waals surface area (Å²) in [6.07, 6.45) is 4.80. The standard InChI is InChI=1S/C18H20N4O2S/c1-13-16(25-21-20-13)12-15(18(24)22-10-6-3-7-11-22)19-17(23)14-8-4-2-5-9-14/h2,4-5,8-9,12H,3,6-7,10-11H2,1H3,(H,19,23)/b15-12+. The Morgan fingerprint density at radius 1 is 1.16 bits per heavy atom. The third-order valence-corrected chi connectivity index (χ3v) is 4.89. The fourth-order valence-corrected chi connectivity index (χ4v) is 3.30. The van der Waals surface area contributed by atoms with Gasteiger partial charge in [-0.3, -0.25) is 9.59 Å². The molecule has 25 heavy (non-hydrogen) atoms. The summed E-state index contributed by atoms with van der Waals surface area (Å²) in [7, 11) is 0. The van der Waals surface area contributed by atoms with Gasteiger partial charge in [-0.2, -0.15) is 0 Å². The second-order valence-corrected chi connectivity index (χ2v) is 6.74. The molecule has 1 aliphatic rings. The molecule has 2 amide bonds. The zero-order chi connectivity index (χ0) is 17.6. The second-order valence-electron chi connectivity index (χ2n) is 5.95. The molecule has 2 aromatic rings. The van der Waals surface area contributed by atoms with Crippen LogP contribution in [0, 0.1) is 6.92 Å². The van der Waals surface area contributed by atoms with Gasteiger partial charge in [0.2, 0.25) is 0 Å². The maximum atomic E-state index is 12.9. The van der Waals surface area contributed by atoms with Crippen LogP contribution >= 0.6 is 11.5 Å². The fourth-order valence-electron chi connectivity index (χ4n) is 2.71. The topological polar surface area (TPSA) is 75.2 Å². The Balaban J connectivity index is 1.86. The van der Waals surface area contributed by atoms with Gasteiger partial charge in [-0.05, 0) is 55.9 Å². The van der Waals surface area contributed by atoms with E-state index in [2.05, 4.69) is 14.9 Å². The molecule has 1 fully saturated rings. The minimum atomic E-state index is -0.299. The van der Waals surface area contributed by atoms with E-state index in [0.29, 0.717) is 5.56 Å². The molecule has 6 nitrogen and oxygen atoms in total. The van der Waals surface area contributed by atoms with Crippen LogP contribution in [0.4, 0.5) is 0 Å². The Bertz CT molecular complexity index is 779. The number of nitrogens with one attached hydrogen (secondary N) is 1. The molecular formula is C18H20N4O2S. The lowest BCUT2D eigenvalue weighted by Gasteiger charge is -2.27. The van der Waals surface area contributed by atoms with Crippen LogP contribution in [-0.4, -0.2) is 39.4 Å². The maximum absolute atomic E-state index is 12.9. The number of carbonyl (C=O) groups excluding carboxylic acids is 2. The van der Waals surface area contributed by atoms with Crippen molar-refractivity contribution in [3.05, 3.63) is 52.2 Å². The van der Waals surface area contributed by atoms with Crippen LogP contribution in [-0.2, 0) is 4.79 Å². The molecule has 1 saturated heterocycles. The smallest absolute Gasteiger partial charge is 0.270 e. The van der Waals surface area contributed by atoms with Gasteiger partial charge in [0, 0.05) is 18.7 Å². The van der Waals surface area contributed by atoms with Gasteiger partial charge in [-0.15, -0.1) is 5.10 Å². The number of nitrogens with zero attached hydrogens (tertiary/aromatic N) is 3. The first-order valence-corrected chi connectivity index (χ1v) is 9.09. The first kappa shape index (κ1) is 17.3. The zero-order valence-electron chi connectivity index (χ0n) is 14.1. The van der Waals surface area contributed by atoms with Crippen LogP contribution in [0.3, 0.4) is 0 Å². The molecule has 1 aromatic heterocycles. The number of rotatable bonds is 4. The lowest BCUT2D eigenvalue weighted by atomic mass is 10.1. The second kappa shape index (κ2) is 8.02. The lowest BCUT2D eigenvalue weighted by molar-refractivity contribution is -0.128. The lowest BCUT2D eigenvalue weighted by Crippen LogP contribution is -2.41. The number of aromatic nitrogens is 2. The van der Waals surface area contributed by atoms with Crippen molar-refractivity contribution >= 4 is 29.4 Å². The number of likely N-dealkylation sites (tertiary alicyclic amines) is 1. The van der Waals surface area contributed by atoms with E-state index < -0.39 is 0 Å². The largest absolute Gasteiger partial charge is 0.337 e. The molecule has 1 aliphatic heterocycles. The zero-order valence-corrected chi connectivity index (χ0v) is 14.9. The van der Waals surface area contributed by atoms with Crippen molar-refractivity contribution in [1.29, 1.82) is 0 Å². The van der Waals surface area contributed by atoms with Gasteiger partial charge in [0.15, 0.2) is 0 Å². The fraction of sp³-hybridized carbons (Fsp3) is 0.333. The SMILES string of the molecule is Cc1nnsc1/C=C(/NC(=O)c1ccccc1)C(=O)N1CCCCC1. The molecule has 0 spiro atoms. The third kappa shape index (κ3) is 4.30. The first-order chi connectivity index (χ1) is 12.1. The predicted octanol–water partition coefficient (Wildman–Crippen LogP) is 2.63. The van der Waals surface area contributed by atoms with E-state index in [1.165, 1.54) is 11.5 Å². The molecule has 1 N–H and O–H groups in total. The molecule has 0 saturated carbocycles. The minimum Gasteiger partial charge on any atom is -0.337 e. The number of hydrogen-bond donors (Lipinski definition) is 1. The monoisotopic (exact) mass is 356 g/mol. The van der Waals surface area contributed by atoms with Crippen LogP contribution in [0.1, 0.15) is 40.2 Å². The highest BCUT2D eigenvalue weighted by atomic mass is 32.1. The number of hydrogen-bond acceptors (Lipinski definition) is 5. The van der Waals surface area contributed by atoms with Gasteiger partial charge < -0.3 is 10.2 Å². The van der Waals surface area contributed by atoms with Gasteiger partial charge in [0.25, 0.3) is 11.8 Å². The van der Waals surface area contributed by atoms with Crippen LogP contribution in [0.2, 0.25) is 0 Å². The highest BCUT2D eigenvalue weighted by Gasteiger charge is 2.23. The molecule has 3 rings (SSSR count). The number of amides is 2. The third-order valence-electron chi connectivity index (χ3n) is 4.12. The molecule has 0 radical (unpaired) electrons. The summed E-state index contributed by atoms with van der Waals surface area (Å²) in [6.45, 7) is 3.27. The average Bonchev–Trinajstić information content (AvgIpc) is 3.06. The van der Waals surface area contributed by atoms with Gasteiger partial charge in [0.1, 0.15) is 5.70 Å². The maximum Gasteiger partial charge on any atom is 0.270 e. The van der Waals surface area contributed by atoms with E-state index in [1.54, 1.807) is 35.2 Å². The van der Waals surface area contributed by atoms with Gasteiger partial charge in [-0.1, -0.05) is 22.7 Å². The van der Waals surface area contributed by atoms with Crippen molar-refractivity contribution in [1.82, 2.24) is 19.8 Å². The van der Waals surface area contributed by atoms with E-state index in [-0.39, 0.29) is 17.5 Å².